The molecule has 1 aliphatic rings. The predicted octanol–water partition coefficient (Wildman–Crippen LogP) is 3.45. The standard InChI is InChI=1S/C20H20F5N3O/c1-12-4-2-3-5-13(12)10-27-6-8-28(9-7-27)11-14(29)26-20-18(24)16(22)15(21)17(23)19(20)25/h2-5H,6-11H2,1H3,(H,26,29). The number of nitrogens with one attached hydrogen (secondary N) is 1. The van der Waals surface area contributed by atoms with Gasteiger partial charge in [0.05, 0.1) is 6.54 Å². The molecule has 0 unspecified atom stereocenters. The Morgan fingerprint density at radius 1 is 0.862 bits per heavy atom. The number of benzene rings is 2. The molecule has 1 amide bonds. The van der Waals surface area contributed by atoms with Crippen LogP contribution in [0.1, 0.15) is 11.1 Å². The molecular weight excluding hydrogens is 393 g/mol. The van der Waals surface area contributed by atoms with Crippen molar-refractivity contribution in [3.8, 4) is 0 Å². The van der Waals surface area contributed by atoms with E-state index in [1.54, 1.807) is 10.2 Å². The van der Waals surface area contributed by atoms with Crippen LogP contribution in [0.3, 0.4) is 0 Å². The Hall–Kier alpha value is -2.52. The third-order valence-electron chi connectivity index (χ3n) is 4.96. The summed E-state index contributed by atoms with van der Waals surface area (Å²) in [6, 6.07) is 8.04. The monoisotopic (exact) mass is 413 g/mol. The maximum Gasteiger partial charge on any atom is 0.238 e. The number of carbonyl (C=O) groups excluding carboxylic acids is 1. The number of rotatable bonds is 5. The Labute approximate surface area is 164 Å². The summed E-state index contributed by atoms with van der Waals surface area (Å²) >= 11 is 0. The lowest BCUT2D eigenvalue weighted by atomic mass is 10.1. The molecule has 0 saturated carbocycles. The average Bonchev–Trinajstić information content (AvgIpc) is 2.71. The number of halogens is 5. The molecule has 1 heterocycles. The van der Waals surface area contributed by atoms with Gasteiger partial charge in [0, 0.05) is 32.7 Å². The van der Waals surface area contributed by atoms with Crippen molar-refractivity contribution < 1.29 is 26.7 Å². The van der Waals surface area contributed by atoms with Gasteiger partial charge in [0.25, 0.3) is 0 Å². The SMILES string of the molecule is Cc1ccccc1CN1CCN(CC(=O)Nc2c(F)c(F)c(F)c(F)c2F)CC1. The Bertz CT molecular complexity index is 884. The summed E-state index contributed by atoms with van der Waals surface area (Å²) in [5, 5.41) is 1.80. The summed E-state index contributed by atoms with van der Waals surface area (Å²) in [7, 11) is 0. The molecule has 1 N–H and O–H groups in total. The molecule has 9 heteroatoms. The van der Waals surface area contributed by atoms with E-state index < -0.39 is 40.7 Å². The molecule has 2 aromatic carbocycles. The molecule has 0 aromatic heterocycles. The van der Waals surface area contributed by atoms with Crippen molar-refractivity contribution in [2.45, 2.75) is 13.5 Å². The van der Waals surface area contributed by atoms with Crippen LogP contribution in [0.4, 0.5) is 27.6 Å². The van der Waals surface area contributed by atoms with Crippen LogP contribution in [-0.2, 0) is 11.3 Å². The molecule has 0 spiro atoms. The summed E-state index contributed by atoms with van der Waals surface area (Å²) in [6.07, 6.45) is 0. The zero-order valence-corrected chi connectivity index (χ0v) is 15.7. The van der Waals surface area contributed by atoms with E-state index in [1.807, 2.05) is 25.1 Å². The van der Waals surface area contributed by atoms with Crippen molar-refractivity contribution in [1.82, 2.24) is 9.80 Å². The summed E-state index contributed by atoms with van der Waals surface area (Å²) in [5.74, 6) is -11.4. The Balaban J connectivity index is 1.55. The fraction of sp³-hybridized carbons (Fsp3) is 0.350. The number of nitrogens with zero attached hydrogens (tertiary/aromatic N) is 2. The third kappa shape index (κ3) is 4.73. The molecule has 1 aliphatic heterocycles. The zero-order valence-electron chi connectivity index (χ0n) is 15.7. The second-order valence-corrected chi connectivity index (χ2v) is 6.97. The van der Waals surface area contributed by atoms with Gasteiger partial charge in [-0.1, -0.05) is 24.3 Å². The van der Waals surface area contributed by atoms with E-state index in [0.29, 0.717) is 26.2 Å². The second kappa shape index (κ2) is 8.87. The van der Waals surface area contributed by atoms with Crippen LogP contribution in [0.5, 0.6) is 0 Å². The molecule has 156 valence electrons. The molecule has 0 aliphatic carbocycles. The number of piperazine rings is 1. The molecule has 0 atom stereocenters. The minimum Gasteiger partial charge on any atom is -0.320 e. The van der Waals surface area contributed by atoms with Crippen molar-refractivity contribution in [3.63, 3.8) is 0 Å². The summed E-state index contributed by atoms with van der Waals surface area (Å²) in [4.78, 5) is 16.1. The molecule has 2 aromatic rings. The largest absolute Gasteiger partial charge is 0.320 e. The lowest BCUT2D eigenvalue weighted by Crippen LogP contribution is -2.48. The normalized spacial score (nSPS) is 15.5. The highest BCUT2D eigenvalue weighted by molar-refractivity contribution is 5.92. The van der Waals surface area contributed by atoms with Crippen molar-refractivity contribution in [2.75, 3.05) is 38.0 Å². The quantitative estimate of drug-likeness (QED) is 0.464. The first-order valence-electron chi connectivity index (χ1n) is 9.08. The summed E-state index contributed by atoms with van der Waals surface area (Å²) < 4.78 is 66.9. The van der Waals surface area contributed by atoms with Gasteiger partial charge in [-0.05, 0) is 18.1 Å². The number of aryl methyl sites for hydroxylation is 1. The van der Waals surface area contributed by atoms with Crippen molar-refractivity contribution in [3.05, 3.63) is 64.5 Å². The van der Waals surface area contributed by atoms with Gasteiger partial charge in [0.2, 0.25) is 11.7 Å². The van der Waals surface area contributed by atoms with E-state index in [9.17, 15) is 26.7 Å². The van der Waals surface area contributed by atoms with Gasteiger partial charge < -0.3 is 5.32 Å². The number of amides is 1. The Morgan fingerprint density at radius 2 is 1.38 bits per heavy atom. The molecule has 29 heavy (non-hydrogen) atoms. The maximum absolute atomic E-state index is 13.7. The van der Waals surface area contributed by atoms with E-state index in [4.69, 9.17) is 0 Å². The van der Waals surface area contributed by atoms with Gasteiger partial charge in [-0.2, -0.15) is 0 Å². The van der Waals surface area contributed by atoms with Crippen LogP contribution in [0.25, 0.3) is 0 Å². The van der Waals surface area contributed by atoms with Gasteiger partial charge in [-0.15, -0.1) is 0 Å². The Kier molecular flexibility index (Phi) is 6.49. The Morgan fingerprint density at radius 3 is 1.97 bits per heavy atom. The highest BCUT2D eigenvalue weighted by Crippen LogP contribution is 2.27. The average molecular weight is 413 g/mol. The summed E-state index contributed by atoms with van der Waals surface area (Å²) in [5.41, 5.74) is 1.08. The molecule has 4 nitrogen and oxygen atoms in total. The van der Waals surface area contributed by atoms with E-state index >= 15 is 0 Å². The van der Waals surface area contributed by atoms with Gasteiger partial charge in [-0.25, -0.2) is 22.0 Å². The topological polar surface area (TPSA) is 35.6 Å². The maximum atomic E-state index is 13.7. The number of hydrogen-bond donors (Lipinski definition) is 1. The first-order valence-corrected chi connectivity index (χ1v) is 9.08. The highest BCUT2D eigenvalue weighted by atomic mass is 19.2. The van der Waals surface area contributed by atoms with Crippen LogP contribution in [0, 0.1) is 36.0 Å². The molecule has 1 saturated heterocycles. The van der Waals surface area contributed by atoms with E-state index in [1.165, 1.54) is 11.1 Å². The fourth-order valence-corrected chi connectivity index (χ4v) is 3.23. The van der Waals surface area contributed by atoms with Crippen LogP contribution in [-0.4, -0.2) is 48.4 Å². The van der Waals surface area contributed by atoms with Crippen LogP contribution < -0.4 is 5.32 Å². The highest BCUT2D eigenvalue weighted by Gasteiger charge is 2.27. The summed E-state index contributed by atoms with van der Waals surface area (Å²) in [6.45, 7) is 5.05. The molecule has 0 bridgehead atoms. The van der Waals surface area contributed by atoms with Crippen LogP contribution in [0.2, 0.25) is 0 Å². The smallest absolute Gasteiger partial charge is 0.238 e. The second-order valence-electron chi connectivity index (χ2n) is 6.97. The fourth-order valence-electron chi connectivity index (χ4n) is 3.23. The first-order chi connectivity index (χ1) is 13.8. The first kappa shape index (κ1) is 21.2. The van der Waals surface area contributed by atoms with Gasteiger partial charge in [0.15, 0.2) is 23.3 Å². The number of carbonyl (C=O) groups is 1. The number of hydrogen-bond acceptors (Lipinski definition) is 3. The lowest BCUT2D eigenvalue weighted by molar-refractivity contribution is -0.117. The predicted molar refractivity (Wildman–Crippen MR) is 97.8 cm³/mol. The van der Waals surface area contributed by atoms with E-state index in [2.05, 4.69) is 11.0 Å². The van der Waals surface area contributed by atoms with Crippen molar-refractivity contribution in [1.29, 1.82) is 0 Å². The molecule has 3 rings (SSSR count). The minimum atomic E-state index is -2.26. The molecule has 1 fully saturated rings. The van der Waals surface area contributed by atoms with Crippen LogP contribution >= 0.6 is 0 Å². The minimum absolute atomic E-state index is 0.211. The van der Waals surface area contributed by atoms with Gasteiger partial charge >= 0.3 is 0 Å². The van der Waals surface area contributed by atoms with E-state index in [-0.39, 0.29) is 6.54 Å². The third-order valence-corrected chi connectivity index (χ3v) is 4.96. The van der Waals surface area contributed by atoms with Gasteiger partial charge in [-0.3, -0.25) is 14.6 Å². The van der Waals surface area contributed by atoms with E-state index in [0.717, 1.165) is 6.54 Å². The molecular formula is C20H20F5N3O. The van der Waals surface area contributed by atoms with Crippen molar-refractivity contribution >= 4 is 11.6 Å². The van der Waals surface area contributed by atoms with Crippen LogP contribution in [0.15, 0.2) is 24.3 Å². The number of anilines is 1. The lowest BCUT2D eigenvalue weighted by Gasteiger charge is -2.34. The van der Waals surface area contributed by atoms with Crippen molar-refractivity contribution in [2.24, 2.45) is 0 Å². The molecule has 0 radical (unpaired) electrons. The zero-order chi connectivity index (χ0) is 21.1. The van der Waals surface area contributed by atoms with Gasteiger partial charge in [0.1, 0.15) is 5.69 Å².